The highest BCUT2D eigenvalue weighted by Crippen LogP contribution is 2.24. The maximum absolute atomic E-state index is 12.8. The molecule has 7 heteroatoms. The fourth-order valence-corrected chi connectivity index (χ4v) is 3.63. The predicted molar refractivity (Wildman–Crippen MR) is 125 cm³/mol. The number of fused-ring (bicyclic) bond motifs is 1. The van der Waals surface area contributed by atoms with Crippen LogP contribution in [-0.4, -0.2) is 25.0 Å². The van der Waals surface area contributed by atoms with E-state index in [1.54, 1.807) is 30.3 Å². The van der Waals surface area contributed by atoms with Gasteiger partial charge < -0.3 is 20.2 Å². The Morgan fingerprint density at radius 2 is 1.67 bits per heavy atom. The van der Waals surface area contributed by atoms with Crippen molar-refractivity contribution in [3.05, 3.63) is 100 Å². The molecule has 33 heavy (non-hydrogen) atoms. The van der Waals surface area contributed by atoms with Gasteiger partial charge in [-0.25, -0.2) is 4.79 Å². The molecule has 0 aliphatic heterocycles. The van der Waals surface area contributed by atoms with Crippen LogP contribution < -0.4 is 21.4 Å². The molecule has 0 fully saturated rings. The molecule has 2 amide bonds. The monoisotopic (exact) mass is 442 g/mol. The molecule has 0 saturated heterocycles. The molecule has 0 radical (unpaired) electrons. The maximum atomic E-state index is 12.8. The number of methoxy groups -OCH3 is 1. The average Bonchev–Trinajstić information content (AvgIpc) is 2.83. The summed E-state index contributed by atoms with van der Waals surface area (Å²) in [7, 11) is 1.51. The molecule has 3 N–H and O–H groups in total. The minimum atomic E-state index is -1.02. The van der Waals surface area contributed by atoms with E-state index in [4.69, 9.17) is 14.9 Å². The summed E-state index contributed by atoms with van der Waals surface area (Å²) in [6.45, 7) is 0. The highest BCUT2D eigenvalue weighted by atomic mass is 16.5. The van der Waals surface area contributed by atoms with Gasteiger partial charge in [0.05, 0.1) is 7.11 Å². The molecule has 1 heterocycles. The molecule has 1 atom stereocenters. The van der Waals surface area contributed by atoms with Gasteiger partial charge in [-0.05, 0) is 41.0 Å². The maximum Gasteiger partial charge on any atom is 0.336 e. The third-order valence-electron chi connectivity index (χ3n) is 5.36. The molecule has 166 valence electrons. The first kappa shape index (κ1) is 21.8. The SMILES string of the molecule is COc1ccc2c(C[C@@H](NC(=O)c3ccc(-c4ccccc4)cc3)C(N)=O)cc(=O)oc2c1. The Morgan fingerprint density at radius 1 is 0.970 bits per heavy atom. The van der Waals surface area contributed by atoms with E-state index in [9.17, 15) is 14.4 Å². The van der Waals surface area contributed by atoms with Crippen molar-refractivity contribution in [2.24, 2.45) is 5.73 Å². The van der Waals surface area contributed by atoms with Gasteiger partial charge in [-0.1, -0.05) is 42.5 Å². The van der Waals surface area contributed by atoms with Crippen molar-refractivity contribution in [2.45, 2.75) is 12.5 Å². The smallest absolute Gasteiger partial charge is 0.336 e. The van der Waals surface area contributed by atoms with Crippen LogP contribution in [0.1, 0.15) is 15.9 Å². The van der Waals surface area contributed by atoms with Gasteiger partial charge in [-0.3, -0.25) is 9.59 Å². The standard InChI is InChI=1S/C26H22N2O5/c1-32-20-11-12-21-19(14-24(29)33-23(21)15-20)13-22(25(27)30)28-26(31)18-9-7-17(8-10-18)16-5-3-2-4-6-16/h2-12,14-15,22H,13H2,1H3,(H2,27,30)(H,28,31)/t22-/m1/s1. The van der Waals surface area contributed by atoms with Crippen LogP contribution in [0.4, 0.5) is 0 Å². The number of rotatable bonds is 7. The summed E-state index contributed by atoms with van der Waals surface area (Å²) in [5, 5.41) is 3.30. The van der Waals surface area contributed by atoms with Crippen molar-refractivity contribution in [2.75, 3.05) is 7.11 Å². The topological polar surface area (TPSA) is 112 Å². The van der Waals surface area contributed by atoms with Crippen molar-refractivity contribution in [3.8, 4) is 16.9 Å². The molecular weight excluding hydrogens is 420 g/mol. The molecule has 4 rings (SSSR count). The van der Waals surface area contributed by atoms with Crippen LogP contribution >= 0.6 is 0 Å². The first-order valence-electron chi connectivity index (χ1n) is 10.3. The number of benzene rings is 3. The van der Waals surface area contributed by atoms with E-state index in [0.29, 0.717) is 27.8 Å². The minimum absolute atomic E-state index is 0.0393. The second-order valence-corrected chi connectivity index (χ2v) is 7.53. The molecule has 0 aliphatic carbocycles. The van der Waals surface area contributed by atoms with Gasteiger partial charge in [-0.15, -0.1) is 0 Å². The van der Waals surface area contributed by atoms with Gasteiger partial charge in [0.15, 0.2) is 0 Å². The van der Waals surface area contributed by atoms with E-state index in [2.05, 4.69) is 5.32 Å². The fourth-order valence-electron chi connectivity index (χ4n) is 3.63. The lowest BCUT2D eigenvalue weighted by atomic mass is 10.0. The highest BCUT2D eigenvalue weighted by Gasteiger charge is 2.21. The normalized spacial score (nSPS) is 11.7. The van der Waals surface area contributed by atoms with Gasteiger partial charge >= 0.3 is 5.63 Å². The minimum Gasteiger partial charge on any atom is -0.497 e. The number of hydrogen-bond donors (Lipinski definition) is 2. The van der Waals surface area contributed by atoms with E-state index in [0.717, 1.165) is 11.1 Å². The second kappa shape index (κ2) is 9.40. The lowest BCUT2D eigenvalue weighted by Crippen LogP contribution is -2.46. The Labute approximate surface area is 189 Å². The van der Waals surface area contributed by atoms with Crippen LogP contribution in [0.25, 0.3) is 22.1 Å². The third-order valence-corrected chi connectivity index (χ3v) is 5.36. The summed E-state index contributed by atoms with van der Waals surface area (Å²) < 4.78 is 10.4. The molecule has 1 aromatic heterocycles. The molecule has 0 aliphatic rings. The third kappa shape index (κ3) is 4.93. The summed E-state index contributed by atoms with van der Waals surface area (Å²) in [5.41, 5.74) is 8.24. The first-order chi connectivity index (χ1) is 15.9. The average molecular weight is 442 g/mol. The number of ether oxygens (including phenoxy) is 1. The van der Waals surface area contributed by atoms with E-state index < -0.39 is 23.5 Å². The number of amides is 2. The van der Waals surface area contributed by atoms with Crippen molar-refractivity contribution in [3.63, 3.8) is 0 Å². The van der Waals surface area contributed by atoms with Crippen molar-refractivity contribution >= 4 is 22.8 Å². The molecule has 3 aromatic carbocycles. The lowest BCUT2D eigenvalue weighted by molar-refractivity contribution is -0.119. The van der Waals surface area contributed by atoms with E-state index in [1.165, 1.54) is 13.2 Å². The predicted octanol–water partition coefficient (Wildman–Crippen LogP) is 3.30. The summed E-state index contributed by atoms with van der Waals surface area (Å²) in [6.07, 6.45) is 0.0393. The van der Waals surface area contributed by atoms with Gasteiger partial charge in [0, 0.05) is 29.5 Å². The van der Waals surface area contributed by atoms with Crippen LogP contribution in [0, 0.1) is 0 Å². The number of nitrogens with one attached hydrogen (secondary N) is 1. The zero-order valence-corrected chi connectivity index (χ0v) is 17.9. The van der Waals surface area contributed by atoms with Gasteiger partial charge in [0.1, 0.15) is 17.4 Å². The van der Waals surface area contributed by atoms with Crippen LogP contribution in [0.3, 0.4) is 0 Å². The van der Waals surface area contributed by atoms with Gasteiger partial charge in [0.2, 0.25) is 5.91 Å². The summed E-state index contributed by atoms with van der Waals surface area (Å²) in [6, 6.07) is 22.2. The van der Waals surface area contributed by atoms with Gasteiger partial charge in [-0.2, -0.15) is 0 Å². The number of carbonyl (C=O) groups excluding carboxylic acids is 2. The van der Waals surface area contributed by atoms with Crippen LogP contribution in [0.15, 0.2) is 88.1 Å². The molecule has 0 bridgehead atoms. The molecule has 0 spiro atoms. The molecular formula is C26H22N2O5. The Kier molecular flexibility index (Phi) is 6.22. The number of primary amides is 1. The van der Waals surface area contributed by atoms with Crippen molar-refractivity contribution in [1.29, 1.82) is 0 Å². The van der Waals surface area contributed by atoms with Crippen molar-refractivity contribution < 1.29 is 18.7 Å². The number of carbonyl (C=O) groups is 2. The van der Waals surface area contributed by atoms with Crippen molar-refractivity contribution in [1.82, 2.24) is 5.32 Å². The second-order valence-electron chi connectivity index (χ2n) is 7.53. The lowest BCUT2D eigenvalue weighted by Gasteiger charge is -2.17. The summed E-state index contributed by atoms with van der Waals surface area (Å²) in [5.74, 6) is -0.618. The van der Waals surface area contributed by atoms with Crippen LogP contribution in [0.2, 0.25) is 0 Å². The number of hydrogen-bond acceptors (Lipinski definition) is 5. The van der Waals surface area contributed by atoms with E-state index >= 15 is 0 Å². The van der Waals surface area contributed by atoms with Crippen LogP contribution in [-0.2, 0) is 11.2 Å². The quantitative estimate of drug-likeness (QED) is 0.427. The van der Waals surface area contributed by atoms with E-state index in [-0.39, 0.29) is 6.42 Å². The molecule has 0 unspecified atom stereocenters. The largest absolute Gasteiger partial charge is 0.497 e. The summed E-state index contributed by atoms with van der Waals surface area (Å²) in [4.78, 5) is 36.9. The number of nitrogens with two attached hydrogens (primary N) is 1. The molecule has 4 aromatic rings. The van der Waals surface area contributed by atoms with Gasteiger partial charge in [0.25, 0.3) is 5.91 Å². The zero-order chi connectivity index (χ0) is 23.4. The highest BCUT2D eigenvalue weighted by molar-refractivity contribution is 5.98. The Bertz CT molecular complexity index is 1360. The molecule has 7 nitrogen and oxygen atoms in total. The Morgan fingerprint density at radius 3 is 2.33 bits per heavy atom. The summed E-state index contributed by atoms with van der Waals surface area (Å²) >= 11 is 0. The first-order valence-corrected chi connectivity index (χ1v) is 10.3. The van der Waals surface area contributed by atoms with Crippen LogP contribution in [0.5, 0.6) is 5.75 Å². The Balaban J connectivity index is 1.56. The zero-order valence-electron chi connectivity index (χ0n) is 17.9. The Hall–Kier alpha value is -4.39. The fraction of sp³-hybridized carbons (Fsp3) is 0.115. The van der Waals surface area contributed by atoms with E-state index in [1.807, 2.05) is 42.5 Å². The molecule has 0 saturated carbocycles.